The summed E-state index contributed by atoms with van der Waals surface area (Å²) in [6.07, 6.45) is 1.62. The molecule has 0 aliphatic carbocycles. The van der Waals surface area contributed by atoms with Crippen molar-refractivity contribution in [2.75, 3.05) is 40.0 Å². The van der Waals surface area contributed by atoms with E-state index in [2.05, 4.69) is 5.32 Å². The minimum absolute atomic E-state index is 0.0658. The molecule has 6 heteroatoms. The molecule has 0 unspecified atom stereocenters. The minimum Gasteiger partial charge on any atom is -0.382 e. The van der Waals surface area contributed by atoms with Crippen LogP contribution in [0.2, 0.25) is 0 Å². The van der Waals surface area contributed by atoms with Crippen molar-refractivity contribution in [3.05, 3.63) is 0 Å². The first-order valence-corrected chi connectivity index (χ1v) is 6.25. The molecule has 1 heterocycles. The molecule has 0 aromatic heterocycles. The van der Waals surface area contributed by atoms with Crippen molar-refractivity contribution in [1.82, 2.24) is 10.2 Å². The number of carbonyl (C=O) groups is 2. The van der Waals surface area contributed by atoms with Gasteiger partial charge in [0, 0.05) is 33.2 Å². The maximum Gasteiger partial charge on any atom is 0.246 e. The zero-order valence-electron chi connectivity index (χ0n) is 11.1. The minimum atomic E-state index is -0.104. The van der Waals surface area contributed by atoms with Gasteiger partial charge in [0.2, 0.25) is 11.8 Å². The van der Waals surface area contributed by atoms with Crippen LogP contribution in [-0.4, -0.2) is 62.8 Å². The molecule has 0 atom stereocenters. The third-order valence-electron chi connectivity index (χ3n) is 2.97. The van der Waals surface area contributed by atoms with Gasteiger partial charge in [-0.05, 0) is 12.8 Å². The second-order valence-electron chi connectivity index (χ2n) is 4.39. The van der Waals surface area contributed by atoms with Crippen LogP contribution in [0.15, 0.2) is 0 Å². The SMILES string of the molecule is COCCOCC(=O)NC1CCN(C(C)=O)CC1. The predicted octanol–water partition coefficient (Wildman–Crippen LogP) is -0.223. The second kappa shape index (κ2) is 8.05. The Kier molecular flexibility index (Phi) is 6.67. The Balaban J connectivity index is 2.12. The fraction of sp³-hybridized carbons (Fsp3) is 0.833. The van der Waals surface area contributed by atoms with Crippen LogP contribution in [-0.2, 0) is 19.1 Å². The highest BCUT2D eigenvalue weighted by molar-refractivity contribution is 5.77. The number of hydrogen-bond donors (Lipinski definition) is 1. The van der Waals surface area contributed by atoms with Gasteiger partial charge in [0.05, 0.1) is 13.2 Å². The van der Waals surface area contributed by atoms with Crippen molar-refractivity contribution < 1.29 is 19.1 Å². The van der Waals surface area contributed by atoms with Gasteiger partial charge in [-0.3, -0.25) is 9.59 Å². The monoisotopic (exact) mass is 258 g/mol. The molecule has 0 aromatic carbocycles. The maximum atomic E-state index is 11.5. The highest BCUT2D eigenvalue weighted by Crippen LogP contribution is 2.10. The topological polar surface area (TPSA) is 67.9 Å². The molecule has 1 rings (SSSR count). The van der Waals surface area contributed by atoms with E-state index in [-0.39, 0.29) is 24.5 Å². The summed E-state index contributed by atoms with van der Waals surface area (Å²) >= 11 is 0. The van der Waals surface area contributed by atoms with Crippen molar-refractivity contribution in [1.29, 1.82) is 0 Å². The molecular weight excluding hydrogens is 236 g/mol. The Hall–Kier alpha value is -1.14. The average Bonchev–Trinajstić information content (AvgIpc) is 2.35. The summed E-state index contributed by atoms with van der Waals surface area (Å²) in [6, 6.07) is 0.152. The Morgan fingerprint density at radius 1 is 1.28 bits per heavy atom. The van der Waals surface area contributed by atoms with E-state index < -0.39 is 0 Å². The molecule has 0 aromatic rings. The van der Waals surface area contributed by atoms with Crippen molar-refractivity contribution >= 4 is 11.8 Å². The molecule has 1 saturated heterocycles. The number of hydrogen-bond acceptors (Lipinski definition) is 4. The van der Waals surface area contributed by atoms with E-state index in [4.69, 9.17) is 9.47 Å². The number of nitrogens with one attached hydrogen (secondary N) is 1. The lowest BCUT2D eigenvalue weighted by atomic mass is 10.1. The largest absolute Gasteiger partial charge is 0.382 e. The zero-order valence-corrected chi connectivity index (χ0v) is 11.1. The molecule has 1 aliphatic rings. The number of methoxy groups -OCH3 is 1. The fourth-order valence-corrected chi connectivity index (χ4v) is 1.92. The lowest BCUT2D eigenvalue weighted by molar-refractivity contribution is -0.130. The van der Waals surface area contributed by atoms with Crippen LogP contribution >= 0.6 is 0 Å². The Morgan fingerprint density at radius 2 is 1.94 bits per heavy atom. The van der Waals surface area contributed by atoms with E-state index in [0.29, 0.717) is 26.3 Å². The number of ether oxygens (including phenoxy) is 2. The van der Waals surface area contributed by atoms with Gasteiger partial charge in [-0.25, -0.2) is 0 Å². The summed E-state index contributed by atoms with van der Waals surface area (Å²) in [6.45, 7) is 3.98. The zero-order chi connectivity index (χ0) is 13.4. The van der Waals surface area contributed by atoms with Crippen molar-refractivity contribution in [3.63, 3.8) is 0 Å². The third-order valence-corrected chi connectivity index (χ3v) is 2.97. The second-order valence-corrected chi connectivity index (χ2v) is 4.39. The van der Waals surface area contributed by atoms with Gasteiger partial charge in [-0.15, -0.1) is 0 Å². The first-order chi connectivity index (χ1) is 8.63. The summed E-state index contributed by atoms with van der Waals surface area (Å²) in [5, 5.41) is 2.91. The van der Waals surface area contributed by atoms with E-state index in [1.54, 1.807) is 18.9 Å². The van der Waals surface area contributed by atoms with Crippen LogP contribution in [0.1, 0.15) is 19.8 Å². The van der Waals surface area contributed by atoms with Crippen LogP contribution in [0.3, 0.4) is 0 Å². The Bertz CT molecular complexity index is 275. The van der Waals surface area contributed by atoms with Gasteiger partial charge in [0.15, 0.2) is 0 Å². The van der Waals surface area contributed by atoms with Crippen LogP contribution in [0.5, 0.6) is 0 Å². The molecule has 1 N–H and O–H groups in total. The number of nitrogens with zero attached hydrogens (tertiary/aromatic N) is 1. The molecular formula is C12H22N2O4. The Labute approximate surface area is 108 Å². The van der Waals surface area contributed by atoms with Crippen molar-refractivity contribution in [2.45, 2.75) is 25.8 Å². The van der Waals surface area contributed by atoms with Gasteiger partial charge in [0.25, 0.3) is 0 Å². The summed E-state index contributed by atoms with van der Waals surface area (Å²) in [5.41, 5.74) is 0. The van der Waals surface area contributed by atoms with Gasteiger partial charge >= 0.3 is 0 Å². The summed E-state index contributed by atoms with van der Waals surface area (Å²) in [5.74, 6) is -0.00458. The van der Waals surface area contributed by atoms with Gasteiger partial charge < -0.3 is 19.7 Å². The maximum absolute atomic E-state index is 11.5. The normalized spacial score (nSPS) is 16.7. The van der Waals surface area contributed by atoms with Gasteiger partial charge in [0.1, 0.15) is 6.61 Å². The predicted molar refractivity (Wildman–Crippen MR) is 66.1 cm³/mol. The molecule has 104 valence electrons. The first kappa shape index (κ1) is 14.9. The lowest BCUT2D eigenvalue weighted by Crippen LogP contribution is -2.46. The molecule has 0 radical (unpaired) electrons. The average molecular weight is 258 g/mol. The van der Waals surface area contributed by atoms with Crippen molar-refractivity contribution in [3.8, 4) is 0 Å². The highest BCUT2D eigenvalue weighted by Gasteiger charge is 2.21. The van der Waals surface area contributed by atoms with Gasteiger partial charge in [-0.2, -0.15) is 0 Å². The number of rotatable bonds is 6. The number of likely N-dealkylation sites (tertiary alicyclic amines) is 1. The molecule has 1 aliphatic heterocycles. The molecule has 18 heavy (non-hydrogen) atoms. The standard InChI is InChI=1S/C12H22N2O4/c1-10(15)14-5-3-11(4-6-14)13-12(16)9-18-8-7-17-2/h11H,3-9H2,1-2H3,(H,13,16). The van der Waals surface area contributed by atoms with E-state index in [1.807, 2.05) is 0 Å². The first-order valence-electron chi connectivity index (χ1n) is 6.25. The smallest absolute Gasteiger partial charge is 0.246 e. The molecule has 6 nitrogen and oxygen atoms in total. The highest BCUT2D eigenvalue weighted by atomic mass is 16.5. The van der Waals surface area contributed by atoms with E-state index in [1.165, 1.54) is 0 Å². The molecule has 1 fully saturated rings. The van der Waals surface area contributed by atoms with E-state index in [9.17, 15) is 9.59 Å². The number of amides is 2. The number of carbonyl (C=O) groups excluding carboxylic acids is 2. The summed E-state index contributed by atoms with van der Waals surface area (Å²) in [4.78, 5) is 24.5. The summed E-state index contributed by atoms with van der Waals surface area (Å²) in [7, 11) is 1.59. The molecule has 0 bridgehead atoms. The van der Waals surface area contributed by atoms with Crippen LogP contribution in [0, 0.1) is 0 Å². The number of piperidine rings is 1. The molecule has 0 saturated carbocycles. The molecule has 0 spiro atoms. The van der Waals surface area contributed by atoms with E-state index >= 15 is 0 Å². The Morgan fingerprint density at radius 3 is 2.50 bits per heavy atom. The lowest BCUT2D eigenvalue weighted by Gasteiger charge is -2.31. The quantitative estimate of drug-likeness (QED) is 0.669. The van der Waals surface area contributed by atoms with E-state index in [0.717, 1.165) is 12.8 Å². The van der Waals surface area contributed by atoms with Gasteiger partial charge in [-0.1, -0.05) is 0 Å². The molecule has 2 amide bonds. The summed E-state index contributed by atoms with van der Waals surface area (Å²) < 4.78 is 9.95. The fourth-order valence-electron chi connectivity index (χ4n) is 1.92. The van der Waals surface area contributed by atoms with Crippen molar-refractivity contribution in [2.24, 2.45) is 0 Å². The van der Waals surface area contributed by atoms with Crippen LogP contribution < -0.4 is 5.32 Å². The van der Waals surface area contributed by atoms with Crippen LogP contribution in [0.4, 0.5) is 0 Å². The van der Waals surface area contributed by atoms with Crippen LogP contribution in [0.25, 0.3) is 0 Å². The third kappa shape index (κ3) is 5.46.